The summed E-state index contributed by atoms with van der Waals surface area (Å²) < 4.78 is 6.14. The smallest absolute Gasteiger partial charge is 0.210 e. The van der Waals surface area contributed by atoms with Crippen molar-refractivity contribution in [3.8, 4) is 0 Å². The van der Waals surface area contributed by atoms with Gasteiger partial charge in [0.1, 0.15) is 5.82 Å². The van der Waals surface area contributed by atoms with Gasteiger partial charge in [-0.1, -0.05) is 6.07 Å². The third kappa shape index (κ3) is 1.72. The average molecular weight is 206 g/mol. The van der Waals surface area contributed by atoms with Crippen LogP contribution in [0.2, 0.25) is 0 Å². The molecule has 14 heavy (non-hydrogen) atoms. The van der Waals surface area contributed by atoms with Gasteiger partial charge in [0.05, 0.1) is 0 Å². The van der Waals surface area contributed by atoms with Crippen LogP contribution in [0.15, 0.2) is 29.4 Å². The Bertz CT molecular complexity index is 483. The molecule has 0 spiro atoms. The van der Waals surface area contributed by atoms with E-state index in [0.29, 0.717) is 5.82 Å². The minimum absolute atomic E-state index is 0.715. The second-order valence-electron chi connectivity index (χ2n) is 2.87. The van der Waals surface area contributed by atoms with Crippen LogP contribution in [0, 0.1) is 6.92 Å². The van der Waals surface area contributed by atoms with Crippen LogP contribution in [-0.4, -0.2) is 13.9 Å². The van der Waals surface area contributed by atoms with Gasteiger partial charge in [0.25, 0.3) is 0 Å². The highest BCUT2D eigenvalue weighted by atomic mass is 32.1. The molecule has 4 nitrogen and oxygen atoms in total. The Kier molecular flexibility index (Phi) is 2.41. The van der Waals surface area contributed by atoms with E-state index in [1.165, 1.54) is 11.5 Å². The number of hydrogen-bond acceptors (Lipinski definition) is 4. The fraction of sp³-hybridized carbons (Fsp3) is 0.222. The third-order valence-electron chi connectivity index (χ3n) is 1.89. The van der Waals surface area contributed by atoms with Crippen LogP contribution < -0.4 is 4.80 Å². The normalized spacial score (nSPS) is 12.0. The second-order valence-corrected chi connectivity index (χ2v) is 3.60. The maximum atomic E-state index is 4.37. The molecule has 2 aromatic heterocycles. The van der Waals surface area contributed by atoms with E-state index in [0.717, 1.165) is 10.6 Å². The lowest BCUT2D eigenvalue weighted by Gasteiger charge is -1.92. The van der Waals surface area contributed by atoms with E-state index in [4.69, 9.17) is 0 Å². The van der Waals surface area contributed by atoms with Crippen molar-refractivity contribution >= 4 is 17.4 Å². The van der Waals surface area contributed by atoms with Gasteiger partial charge in [-0.25, -0.2) is 4.98 Å². The Morgan fingerprint density at radius 3 is 2.86 bits per heavy atom. The van der Waals surface area contributed by atoms with Crippen LogP contribution in [0.3, 0.4) is 0 Å². The first kappa shape index (κ1) is 9.08. The first-order valence-corrected chi connectivity index (χ1v) is 5.00. The molecule has 0 fully saturated rings. The van der Waals surface area contributed by atoms with Gasteiger partial charge >= 0.3 is 0 Å². The van der Waals surface area contributed by atoms with Gasteiger partial charge in [-0.3, -0.25) is 0 Å². The molecular weight excluding hydrogens is 196 g/mol. The van der Waals surface area contributed by atoms with Crippen molar-refractivity contribution in [2.45, 2.75) is 6.92 Å². The van der Waals surface area contributed by atoms with Crippen molar-refractivity contribution in [2.24, 2.45) is 12.0 Å². The predicted octanol–water partition coefficient (Wildman–Crippen LogP) is 1.42. The molecule has 0 saturated carbocycles. The molecule has 0 unspecified atom stereocenters. The summed E-state index contributed by atoms with van der Waals surface area (Å²) in [5.74, 6) is 1.68. The van der Waals surface area contributed by atoms with Crippen LogP contribution >= 0.6 is 11.5 Å². The van der Waals surface area contributed by atoms with E-state index in [-0.39, 0.29) is 0 Å². The van der Waals surface area contributed by atoms with Crippen LogP contribution in [0.4, 0.5) is 5.82 Å². The zero-order valence-electron chi connectivity index (χ0n) is 8.01. The minimum atomic E-state index is 0.715. The lowest BCUT2D eigenvalue weighted by Crippen LogP contribution is -2.10. The molecule has 0 radical (unpaired) electrons. The van der Waals surface area contributed by atoms with Gasteiger partial charge in [0.2, 0.25) is 4.80 Å². The van der Waals surface area contributed by atoms with Crippen molar-refractivity contribution in [3.05, 3.63) is 35.0 Å². The van der Waals surface area contributed by atoms with Gasteiger partial charge in [-0.05, 0) is 19.1 Å². The number of hydrogen-bond donors (Lipinski definition) is 0. The zero-order chi connectivity index (χ0) is 9.97. The fourth-order valence-corrected chi connectivity index (χ4v) is 1.71. The summed E-state index contributed by atoms with van der Waals surface area (Å²) in [5.41, 5.74) is 0. The summed E-state index contributed by atoms with van der Waals surface area (Å²) in [6.07, 6.45) is 1.73. The van der Waals surface area contributed by atoms with Crippen LogP contribution in [0.25, 0.3) is 0 Å². The van der Waals surface area contributed by atoms with E-state index in [1.54, 1.807) is 6.20 Å². The van der Waals surface area contributed by atoms with Crippen LogP contribution in [0.5, 0.6) is 0 Å². The molecular formula is C9H10N4S. The molecule has 0 amide bonds. The van der Waals surface area contributed by atoms with Gasteiger partial charge in [0, 0.05) is 24.8 Å². The lowest BCUT2D eigenvalue weighted by molar-refractivity contribution is 0.812. The van der Waals surface area contributed by atoms with Gasteiger partial charge < -0.3 is 4.57 Å². The summed E-state index contributed by atoms with van der Waals surface area (Å²) in [6, 6.07) is 5.66. The number of pyridine rings is 1. The molecule has 0 saturated heterocycles. The van der Waals surface area contributed by atoms with Crippen molar-refractivity contribution in [1.29, 1.82) is 0 Å². The molecule has 0 N–H and O–H groups in total. The summed E-state index contributed by atoms with van der Waals surface area (Å²) in [7, 11) is 1.95. The molecule has 0 atom stereocenters. The summed E-state index contributed by atoms with van der Waals surface area (Å²) in [4.78, 5) is 9.35. The standard InChI is InChI=1S/C9H10N4S/c1-7-12-14-9(13(7)2)11-8-5-3-4-6-10-8/h3-6H,1-2H3/b11-9+. The maximum absolute atomic E-state index is 4.37. The highest BCUT2D eigenvalue weighted by Crippen LogP contribution is 2.03. The lowest BCUT2D eigenvalue weighted by atomic mass is 10.5. The first-order valence-electron chi connectivity index (χ1n) is 4.22. The molecule has 2 heterocycles. The summed E-state index contributed by atoms with van der Waals surface area (Å²) in [6.45, 7) is 1.95. The molecule has 2 aromatic rings. The van der Waals surface area contributed by atoms with Gasteiger partial charge in [-0.2, -0.15) is 9.37 Å². The Morgan fingerprint density at radius 1 is 1.43 bits per heavy atom. The molecule has 2 rings (SSSR count). The molecule has 0 aliphatic rings. The highest BCUT2D eigenvalue weighted by Gasteiger charge is 1.96. The maximum Gasteiger partial charge on any atom is 0.210 e. The van der Waals surface area contributed by atoms with E-state index < -0.39 is 0 Å². The Morgan fingerprint density at radius 2 is 2.29 bits per heavy atom. The van der Waals surface area contributed by atoms with E-state index in [2.05, 4.69) is 14.3 Å². The van der Waals surface area contributed by atoms with Gasteiger partial charge in [0.15, 0.2) is 5.82 Å². The summed E-state index contributed by atoms with van der Waals surface area (Å²) >= 11 is 1.38. The molecule has 5 heteroatoms. The molecule has 72 valence electrons. The second kappa shape index (κ2) is 3.71. The highest BCUT2D eigenvalue weighted by molar-refractivity contribution is 7.02. The van der Waals surface area contributed by atoms with Gasteiger partial charge in [-0.15, -0.1) is 0 Å². The summed E-state index contributed by atoms with van der Waals surface area (Å²) in [5, 5.41) is 0. The van der Waals surface area contributed by atoms with Crippen molar-refractivity contribution in [1.82, 2.24) is 13.9 Å². The molecule has 0 aromatic carbocycles. The SMILES string of the molecule is Cc1ns/c(=N/c2ccccn2)n1C. The Hall–Kier alpha value is -1.49. The number of aromatic nitrogens is 3. The number of aryl methyl sites for hydroxylation is 1. The van der Waals surface area contributed by atoms with Crippen LogP contribution in [-0.2, 0) is 7.05 Å². The third-order valence-corrected chi connectivity index (χ3v) is 2.78. The van der Waals surface area contributed by atoms with Crippen molar-refractivity contribution in [2.75, 3.05) is 0 Å². The Labute approximate surface area is 85.8 Å². The van der Waals surface area contributed by atoms with Crippen molar-refractivity contribution < 1.29 is 0 Å². The topological polar surface area (TPSA) is 43.1 Å². The minimum Gasteiger partial charge on any atom is -0.307 e. The largest absolute Gasteiger partial charge is 0.307 e. The number of nitrogens with zero attached hydrogens (tertiary/aromatic N) is 4. The first-order chi connectivity index (χ1) is 6.77. The number of rotatable bonds is 1. The van der Waals surface area contributed by atoms with Crippen molar-refractivity contribution in [3.63, 3.8) is 0 Å². The monoisotopic (exact) mass is 206 g/mol. The molecule has 0 bridgehead atoms. The van der Waals surface area contributed by atoms with E-state index >= 15 is 0 Å². The predicted molar refractivity (Wildman–Crippen MR) is 55.3 cm³/mol. The van der Waals surface area contributed by atoms with Crippen LogP contribution in [0.1, 0.15) is 5.82 Å². The van der Waals surface area contributed by atoms with E-state index in [9.17, 15) is 0 Å². The fourth-order valence-electron chi connectivity index (χ4n) is 0.981. The quantitative estimate of drug-likeness (QED) is 0.708. The molecule has 0 aliphatic heterocycles. The molecule has 0 aliphatic carbocycles. The van der Waals surface area contributed by atoms with E-state index in [1.807, 2.05) is 36.7 Å². The zero-order valence-corrected chi connectivity index (χ0v) is 8.82. The average Bonchev–Trinajstić information content (AvgIpc) is 2.52. The Balaban J connectivity index is 2.50.